The fourth-order valence-corrected chi connectivity index (χ4v) is 6.45. The summed E-state index contributed by atoms with van der Waals surface area (Å²) < 4.78 is 22.6. The standard InChI is InChI=1S/C33H46N4O7S/c1-21(38)35-25-9-7-22-19-29(41-2)31(42-3)32(43-4)30(22)23-8-10-26(28(39)20-24(23)25)36-27(11-18-45-5)33(40)34-12-6-13-37-14-16-44-17-15-37/h8,10,19-20,25,27H,6-7,9,11-18H2,1-5H3,(H,34,40)(H,35,38)(H,36,39)/t25-,27-/m1/s1. The second-order valence-corrected chi connectivity index (χ2v) is 12.2. The van der Waals surface area contributed by atoms with Gasteiger partial charge in [0.05, 0.1) is 46.3 Å². The molecule has 0 radical (unpaired) electrons. The zero-order chi connectivity index (χ0) is 32.3. The van der Waals surface area contributed by atoms with E-state index >= 15 is 0 Å². The number of nitrogens with zero attached hydrogens (tertiary/aromatic N) is 1. The van der Waals surface area contributed by atoms with Crippen molar-refractivity contribution in [1.82, 2.24) is 15.5 Å². The van der Waals surface area contributed by atoms with E-state index in [1.165, 1.54) is 6.92 Å². The first kappa shape index (κ1) is 34.4. The molecule has 2 aromatic rings. The summed E-state index contributed by atoms with van der Waals surface area (Å²) in [6, 6.07) is 6.06. The summed E-state index contributed by atoms with van der Waals surface area (Å²) >= 11 is 1.65. The van der Waals surface area contributed by atoms with Gasteiger partial charge in [0, 0.05) is 32.1 Å². The molecule has 1 heterocycles. The van der Waals surface area contributed by atoms with E-state index in [0.29, 0.717) is 54.3 Å². The lowest BCUT2D eigenvalue weighted by molar-refractivity contribution is -0.122. The summed E-state index contributed by atoms with van der Waals surface area (Å²) in [5, 5.41) is 9.34. The zero-order valence-corrected chi connectivity index (χ0v) is 27.8. The zero-order valence-electron chi connectivity index (χ0n) is 27.0. The number of thioether (sulfide) groups is 1. The maximum atomic E-state index is 13.8. The largest absolute Gasteiger partial charge is 0.493 e. The van der Waals surface area contributed by atoms with Crippen molar-refractivity contribution in [2.24, 2.45) is 0 Å². The van der Waals surface area contributed by atoms with Crippen molar-refractivity contribution in [1.29, 1.82) is 0 Å². The lowest BCUT2D eigenvalue weighted by atomic mass is 9.95. The van der Waals surface area contributed by atoms with E-state index in [4.69, 9.17) is 18.9 Å². The van der Waals surface area contributed by atoms with Gasteiger partial charge in [-0.2, -0.15) is 11.8 Å². The fraction of sp³-hybridized carbons (Fsp3) is 0.545. The second-order valence-electron chi connectivity index (χ2n) is 11.2. The molecular weight excluding hydrogens is 596 g/mol. The Balaban J connectivity index is 1.68. The molecule has 246 valence electrons. The molecule has 0 spiro atoms. The summed E-state index contributed by atoms with van der Waals surface area (Å²) in [4.78, 5) is 41.7. The van der Waals surface area contributed by atoms with Gasteiger partial charge in [-0.05, 0) is 79.1 Å². The molecule has 1 fully saturated rings. The topological polar surface area (TPSA) is 127 Å². The number of carbonyl (C=O) groups excluding carboxylic acids is 2. The number of rotatable bonds is 14. The molecule has 0 bridgehead atoms. The highest BCUT2D eigenvalue weighted by molar-refractivity contribution is 7.98. The monoisotopic (exact) mass is 642 g/mol. The van der Waals surface area contributed by atoms with E-state index in [9.17, 15) is 14.4 Å². The lowest BCUT2D eigenvalue weighted by Crippen LogP contribution is -2.42. The minimum absolute atomic E-state index is 0.140. The highest BCUT2D eigenvalue weighted by Crippen LogP contribution is 2.50. The van der Waals surface area contributed by atoms with Gasteiger partial charge < -0.3 is 34.9 Å². The quantitative estimate of drug-likeness (QED) is 0.265. The molecule has 0 unspecified atom stereocenters. The third-order valence-corrected chi connectivity index (χ3v) is 8.87. The van der Waals surface area contributed by atoms with Crippen LogP contribution in [0.2, 0.25) is 0 Å². The predicted octanol–water partition coefficient (Wildman–Crippen LogP) is 3.24. The highest BCUT2D eigenvalue weighted by Gasteiger charge is 2.30. The maximum absolute atomic E-state index is 13.8. The smallest absolute Gasteiger partial charge is 0.242 e. The number of hydrogen-bond acceptors (Lipinski definition) is 10. The number of anilines is 1. The first-order valence-corrected chi connectivity index (χ1v) is 16.8. The molecular formula is C33H46N4O7S. The molecule has 2 amide bonds. The number of carbonyl (C=O) groups is 2. The first-order valence-electron chi connectivity index (χ1n) is 15.4. The van der Waals surface area contributed by atoms with Crippen LogP contribution in [0.5, 0.6) is 17.2 Å². The maximum Gasteiger partial charge on any atom is 0.242 e. The number of methoxy groups -OCH3 is 3. The van der Waals surface area contributed by atoms with Gasteiger partial charge in [-0.15, -0.1) is 0 Å². The normalized spacial score (nSPS) is 16.8. The van der Waals surface area contributed by atoms with Crippen LogP contribution in [0, 0.1) is 0 Å². The van der Waals surface area contributed by atoms with Crippen LogP contribution in [0.3, 0.4) is 0 Å². The van der Waals surface area contributed by atoms with Crippen LogP contribution in [0.4, 0.5) is 5.69 Å². The third-order valence-electron chi connectivity index (χ3n) is 8.23. The average molecular weight is 643 g/mol. The lowest BCUT2D eigenvalue weighted by Gasteiger charge is -2.26. The Labute approximate surface area is 269 Å². The number of nitrogens with one attached hydrogen (secondary N) is 3. The Morgan fingerprint density at radius 1 is 1.09 bits per heavy atom. The minimum Gasteiger partial charge on any atom is -0.493 e. The van der Waals surface area contributed by atoms with Crippen LogP contribution in [0.15, 0.2) is 29.1 Å². The number of hydrogen-bond donors (Lipinski definition) is 3. The van der Waals surface area contributed by atoms with Crippen LogP contribution in [-0.4, -0.2) is 95.5 Å². The fourth-order valence-electron chi connectivity index (χ4n) is 5.98. The van der Waals surface area contributed by atoms with Gasteiger partial charge in [-0.1, -0.05) is 6.07 Å². The van der Waals surface area contributed by atoms with Gasteiger partial charge in [0.15, 0.2) is 11.5 Å². The minimum atomic E-state index is -0.590. The van der Waals surface area contributed by atoms with Crippen molar-refractivity contribution in [2.75, 3.05) is 78.0 Å². The highest BCUT2D eigenvalue weighted by atomic mass is 32.2. The predicted molar refractivity (Wildman–Crippen MR) is 178 cm³/mol. The molecule has 1 saturated heterocycles. The van der Waals surface area contributed by atoms with Gasteiger partial charge in [0.1, 0.15) is 6.04 Å². The number of benzene rings is 1. The Hall–Kier alpha value is -3.48. The van der Waals surface area contributed by atoms with Crippen LogP contribution in [-0.2, 0) is 20.7 Å². The van der Waals surface area contributed by atoms with Crippen molar-refractivity contribution < 1.29 is 28.5 Å². The number of ether oxygens (including phenoxy) is 4. The Morgan fingerprint density at radius 2 is 1.84 bits per heavy atom. The molecule has 3 N–H and O–H groups in total. The van der Waals surface area contributed by atoms with E-state index in [0.717, 1.165) is 61.7 Å². The summed E-state index contributed by atoms with van der Waals surface area (Å²) in [7, 11) is 4.69. The Bertz CT molecular complexity index is 1400. The molecule has 11 nitrogen and oxygen atoms in total. The van der Waals surface area contributed by atoms with E-state index in [2.05, 4.69) is 20.9 Å². The van der Waals surface area contributed by atoms with Crippen molar-refractivity contribution in [3.63, 3.8) is 0 Å². The first-order chi connectivity index (χ1) is 21.8. The number of fused-ring (bicyclic) bond motifs is 3. The Morgan fingerprint density at radius 3 is 2.51 bits per heavy atom. The number of amides is 2. The average Bonchev–Trinajstić information content (AvgIpc) is 3.28. The van der Waals surface area contributed by atoms with Gasteiger partial charge >= 0.3 is 0 Å². The van der Waals surface area contributed by atoms with Crippen molar-refractivity contribution in [3.05, 3.63) is 45.6 Å². The SMILES string of the molecule is COc1cc2c(c(OC)c1OC)-c1ccc(N[C@H](CCSC)C(=O)NCCCN3CCOCC3)c(=O)cc1[C@H](NC(C)=O)CC2. The number of aryl methyl sites for hydroxylation is 1. The summed E-state index contributed by atoms with van der Waals surface area (Å²) in [5.74, 6) is 1.88. The van der Waals surface area contributed by atoms with E-state index in [1.807, 2.05) is 18.4 Å². The van der Waals surface area contributed by atoms with Crippen LogP contribution in [0.1, 0.15) is 43.4 Å². The van der Waals surface area contributed by atoms with E-state index < -0.39 is 12.1 Å². The molecule has 2 aromatic carbocycles. The Kier molecular flexibility index (Phi) is 12.8. The van der Waals surface area contributed by atoms with Crippen LogP contribution < -0.4 is 35.6 Å². The molecule has 1 aliphatic carbocycles. The molecule has 0 aromatic heterocycles. The van der Waals surface area contributed by atoms with Crippen molar-refractivity contribution in [3.8, 4) is 28.4 Å². The third kappa shape index (κ3) is 8.62. The van der Waals surface area contributed by atoms with Crippen molar-refractivity contribution in [2.45, 2.75) is 44.7 Å². The summed E-state index contributed by atoms with van der Waals surface area (Å²) in [6.07, 6.45) is 4.55. The summed E-state index contributed by atoms with van der Waals surface area (Å²) in [6.45, 7) is 6.22. The molecule has 4 rings (SSSR count). The summed E-state index contributed by atoms with van der Waals surface area (Å²) in [5.41, 5.74) is 3.15. The van der Waals surface area contributed by atoms with Crippen molar-refractivity contribution >= 4 is 29.3 Å². The number of morpholine rings is 1. The van der Waals surface area contributed by atoms with E-state index in [1.54, 1.807) is 45.2 Å². The molecule has 0 saturated carbocycles. The molecule has 2 aliphatic rings. The van der Waals surface area contributed by atoms with Crippen LogP contribution >= 0.6 is 11.8 Å². The van der Waals surface area contributed by atoms with Gasteiger partial charge in [-0.3, -0.25) is 19.3 Å². The molecule has 2 atom stereocenters. The van der Waals surface area contributed by atoms with E-state index in [-0.39, 0.29) is 17.2 Å². The van der Waals surface area contributed by atoms with Gasteiger partial charge in [0.2, 0.25) is 23.0 Å². The molecule has 45 heavy (non-hydrogen) atoms. The van der Waals surface area contributed by atoms with Gasteiger partial charge in [0.25, 0.3) is 0 Å². The molecule has 12 heteroatoms. The van der Waals surface area contributed by atoms with Gasteiger partial charge in [-0.25, -0.2) is 0 Å². The molecule has 1 aliphatic heterocycles. The second kappa shape index (κ2) is 16.7. The van der Waals surface area contributed by atoms with Crippen LogP contribution in [0.25, 0.3) is 11.1 Å².